The topological polar surface area (TPSA) is 54.0 Å². The highest BCUT2D eigenvalue weighted by Gasteiger charge is 2.20. The fourth-order valence-electron chi connectivity index (χ4n) is 1.84. The van der Waals surface area contributed by atoms with Gasteiger partial charge >= 0.3 is 5.97 Å². The molecule has 0 spiro atoms. The van der Waals surface area contributed by atoms with Crippen molar-refractivity contribution in [1.82, 2.24) is 0 Å². The van der Waals surface area contributed by atoms with E-state index in [1.165, 1.54) is 14.2 Å². The van der Waals surface area contributed by atoms with Crippen LogP contribution >= 0.6 is 0 Å². The highest BCUT2D eigenvalue weighted by atomic mass is 16.7. The summed E-state index contributed by atoms with van der Waals surface area (Å²) >= 11 is 0. The van der Waals surface area contributed by atoms with Crippen molar-refractivity contribution in [2.24, 2.45) is 0 Å². The predicted octanol–water partition coefficient (Wildman–Crippen LogP) is 2.42. The number of benzene rings is 1. The Morgan fingerprint density at radius 1 is 1.21 bits per heavy atom. The quantitative estimate of drug-likeness (QED) is 0.561. The van der Waals surface area contributed by atoms with Crippen LogP contribution in [0.5, 0.6) is 11.5 Å². The number of hydrogen-bond acceptors (Lipinski definition) is 5. The first kappa shape index (κ1) is 15.3. The lowest BCUT2D eigenvalue weighted by Crippen LogP contribution is -2.10. The Morgan fingerprint density at radius 3 is 2.47 bits per heavy atom. The zero-order valence-corrected chi connectivity index (χ0v) is 11.8. The third kappa shape index (κ3) is 3.61. The van der Waals surface area contributed by atoms with E-state index < -0.39 is 5.97 Å². The molecule has 106 valence electrons. The molecule has 0 bridgehead atoms. The van der Waals surface area contributed by atoms with Crippen LogP contribution in [0.15, 0.2) is 12.1 Å². The van der Waals surface area contributed by atoms with Crippen LogP contribution in [0.25, 0.3) is 0 Å². The van der Waals surface area contributed by atoms with Crippen LogP contribution < -0.4 is 9.47 Å². The Bertz CT molecular complexity index is 428. The summed E-state index contributed by atoms with van der Waals surface area (Å²) in [6.07, 6.45) is 1.65. The van der Waals surface area contributed by atoms with Gasteiger partial charge in [-0.15, -0.1) is 0 Å². The second-order valence-electron chi connectivity index (χ2n) is 3.92. The minimum absolute atomic E-state index is 0.0634. The molecule has 0 radical (unpaired) electrons. The second kappa shape index (κ2) is 7.63. The molecule has 0 N–H and O–H groups in total. The minimum Gasteiger partial charge on any atom is -0.496 e. The molecule has 0 aliphatic carbocycles. The number of methoxy groups -OCH3 is 3. The fourth-order valence-corrected chi connectivity index (χ4v) is 1.84. The monoisotopic (exact) mass is 268 g/mol. The Kier molecular flexibility index (Phi) is 6.15. The van der Waals surface area contributed by atoms with E-state index >= 15 is 0 Å². The standard InChI is InChI=1S/C14H20O5/c1-5-6-10-12(17-3)8-7-11(14(15)18-4)13(10)19-9-16-2/h7-8H,5-6,9H2,1-4H3. The van der Waals surface area contributed by atoms with Gasteiger partial charge in [0, 0.05) is 12.7 Å². The largest absolute Gasteiger partial charge is 0.496 e. The van der Waals surface area contributed by atoms with E-state index in [-0.39, 0.29) is 6.79 Å². The van der Waals surface area contributed by atoms with E-state index in [1.54, 1.807) is 19.2 Å². The third-order valence-corrected chi connectivity index (χ3v) is 2.66. The summed E-state index contributed by atoms with van der Waals surface area (Å²) in [5.74, 6) is 0.724. The first-order valence-corrected chi connectivity index (χ1v) is 6.09. The van der Waals surface area contributed by atoms with Crippen LogP contribution in [0.4, 0.5) is 0 Å². The maximum Gasteiger partial charge on any atom is 0.341 e. The lowest BCUT2D eigenvalue weighted by atomic mass is 10.0. The highest BCUT2D eigenvalue weighted by molar-refractivity contribution is 5.93. The fraction of sp³-hybridized carbons (Fsp3) is 0.500. The van der Waals surface area contributed by atoms with Gasteiger partial charge in [0.1, 0.15) is 17.1 Å². The number of ether oxygens (including phenoxy) is 4. The SMILES string of the molecule is CCCc1c(OC)ccc(C(=O)OC)c1OCOC. The van der Waals surface area contributed by atoms with Crippen molar-refractivity contribution in [1.29, 1.82) is 0 Å². The Labute approximate surface area is 113 Å². The van der Waals surface area contributed by atoms with Gasteiger partial charge in [0.15, 0.2) is 6.79 Å². The summed E-state index contributed by atoms with van der Waals surface area (Å²) in [5.41, 5.74) is 1.23. The molecule has 1 rings (SSSR count). The average molecular weight is 268 g/mol. The van der Waals surface area contributed by atoms with Crippen molar-refractivity contribution in [3.05, 3.63) is 23.3 Å². The molecule has 0 heterocycles. The van der Waals surface area contributed by atoms with Crippen LogP contribution in [0.1, 0.15) is 29.3 Å². The molecule has 0 unspecified atom stereocenters. The molecule has 1 aromatic rings. The predicted molar refractivity (Wildman–Crippen MR) is 70.8 cm³/mol. The second-order valence-corrected chi connectivity index (χ2v) is 3.92. The van der Waals surface area contributed by atoms with Crippen molar-refractivity contribution in [3.63, 3.8) is 0 Å². The minimum atomic E-state index is -0.439. The van der Waals surface area contributed by atoms with E-state index in [9.17, 15) is 4.79 Å². The summed E-state index contributed by atoms with van der Waals surface area (Å²) in [7, 11) is 4.45. The van der Waals surface area contributed by atoms with Crippen molar-refractivity contribution in [2.75, 3.05) is 28.1 Å². The number of carbonyl (C=O) groups is 1. The van der Waals surface area contributed by atoms with Gasteiger partial charge in [-0.05, 0) is 18.6 Å². The molecule has 0 saturated heterocycles. The van der Waals surface area contributed by atoms with Crippen LogP contribution in [0.3, 0.4) is 0 Å². The summed E-state index contributed by atoms with van der Waals surface area (Å²) < 4.78 is 20.5. The summed E-state index contributed by atoms with van der Waals surface area (Å²) in [6, 6.07) is 3.38. The molecule has 0 saturated carbocycles. The Morgan fingerprint density at radius 2 is 1.95 bits per heavy atom. The zero-order chi connectivity index (χ0) is 14.3. The van der Waals surface area contributed by atoms with Gasteiger partial charge in [0.25, 0.3) is 0 Å². The maximum absolute atomic E-state index is 11.8. The van der Waals surface area contributed by atoms with Crippen molar-refractivity contribution < 1.29 is 23.7 Å². The van der Waals surface area contributed by atoms with Crippen LogP contribution in [0.2, 0.25) is 0 Å². The molecule has 19 heavy (non-hydrogen) atoms. The molecular weight excluding hydrogens is 248 g/mol. The van der Waals surface area contributed by atoms with Crippen LogP contribution in [0, 0.1) is 0 Å². The van der Waals surface area contributed by atoms with E-state index in [2.05, 4.69) is 0 Å². The number of esters is 1. The van der Waals surface area contributed by atoms with Crippen molar-refractivity contribution in [3.8, 4) is 11.5 Å². The summed E-state index contributed by atoms with van der Waals surface area (Å²) in [5, 5.41) is 0. The molecule has 5 heteroatoms. The van der Waals surface area contributed by atoms with Crippen molar-refractivity contribution in [2.45, 2.75) is 19.8 Å². The molecule has 0 aliphatic rings. The van der Waals surface area contributed by atoms with Gasteiger partial charge < -0.3 is 18.9 Å². The normalized spacial score (nSPS) is 10.1. The highest BCUT2D eigenvalue weighted by Crippen LogP contribution is 2.34. The van der Waals surface area contributed by atoms with Gasteiger partial charge in [-0.2, -0.15) is 0 Å². The molecule has 0 amide bonds. The lowest BCUT2D eigenvalue weighted by Gasteiger charge is -2.17. The van der Waals surface area contributed by atoms with Crippen molar-refractivity contribution >= 4 is 5.97 Å². The van der Waals surface area contributed by atoms with E-state index in [0.29, 0.717) is 17.1 Å². The summed E-state index contributed by atoms with van der Waals surface area (Å²) in [6.45, 7) is 2.11. The number of hydrogen-bond donors (Lipinski definition) is 0. The molecule has 1 aromatic carbocycles. The average Bonchev–Trinajstić information content (AvgIpc) is 2.44. The molecule has 0 atom stereocenters. The lowest BCUT2D eigenvalue weighted by molar-refractivity contribution is 0.0457. The smallest absolute Gasteiger partial charge is 0.341 e. The zero-order valence-electron chi connectivity index (χ0n) is 11.8. The first-order chi connectivity index (χ1) is 9.19. The Hall–Kier alpha value is -1.75. The molecule has 0 fully saturated rings. The summed E-state index contributed by atoms with van der Waals surface area (Å²) in [4.78, 5) is 11.8. The van der Waals surface area contributed by atoms with E-state index in [0.717, 1.165) is 18.4 Å². The molecule has 5 nitrogen and oxygen atoms in total. The molecular formula is C14H20O5. The maximum atomic E-state index is 11.8. The van der Waals surface area contributed by atoms with Crippen LogP contribution in [-0.2, 0) is 15.9 Å². The first-order valence-electron chi connectivity index (χ1n) is 6.09. The third-order valence-electron chi connectivity index (χ3n) is 2.66. The van der Waals surface area contributed by atoms with Gasteiger partial charge in [-0.1, -0.05) is 13.3 Å². The van der Waals surface area contributed by atoms with Gasteiger partial charge in [-0.3, -0.25) is 0 Å². The van der Waals surface area contributed by atoms with Crippen LogP contribution in [-0.4, -0.2) is 34.1 Å². The van der Waals surface area contributed by atoms with Gasteiger partial charge in [-0.25, -0.2) is 4.79 Å². The van der Waals surface area contributed by atoms with Gasteiger partial charge in [0.2, 0.25) is 0 Å². The molecule has 0 aromatic heterocycles. The number of carbonyl (C=O) groups excluding carboxylic acids is 1. The Balaban J connectivity index is 3.30. The van der Waals surface area contributed by atoms with E-state index in [1.807, 2.05) is 6.92 Å². The number of rotatable bonds is 7. The van der Waals surface area contributed by atoms with Gasteiger partial charge in [0.05, 0.1) is 14.2 Å². The molecule has 0 aliphatic heterocycles. The van der Waals surface area contributed by atoms with E-state index in [4.69, 9.17) is 18.9 Å².